The van der Waals surface area contributed by atoms with Gasteiger partial charge < -0.3 is 14.8 Å². The Morgan fingerprint density at radius 3 is 2.84 bits per heavy atom. The predicted octanol–water partition coefficient (Wildman–Crippen LogP) is 4.68. The first kappa shape index (κ1) is 20.3. The fourth-order valence-electron chi connectivity index (χ4n) is 3.88. The zero-order valence-electron chi connectivity index (χ0n) is 16.9. The van der Waals surface area contributed by atoms with Gasteiger partial charge in [0.15, 0.2) is 5.17 Å². The third-order valence-electron chi connectivity index (χ3n) is 5.52. The molecule has 8 heteroatoms. The molecule has 31 heavy (non-hydrogen) atoms. The fourth-order valence-corrected chi connectivity index (χ4v) is 4.89. The molecular weight excluding hydrogens is 430 g/mol. The van der Waals surface area contributed by atoms with E-state index in [1.54, 1.807) is 6.07 Å². The lowest BCUT2D eigenvalue weighted by atomic mass is 10.2. The Morgan fingerprint density at radius 2 is 2.00 bits per heavy atom. The zero-order chi connectivity index (χ0) is 21.2. The summed E-state index contributed by atoms with van der Waals surface area (Å²) in [5, 5.41) is 3.90. The average molecular weight is 452 g/mol. The number of rotatable bonds is 5. The van der Waals surface area contributed by atoms with Crippen LogP contribution in [0.25, 0.3) is 17.1 Å². The molecule has 0 bridgehead atoms. The highest BCUT2D eigenvalue weighted by Crippen LogP contribution is 2.31. The monoisotopic (exact) mass is 451 g/mol. The van der Waals surface area contributed by atoms with E-state index in [1.807, 2.05) is 42.7 Å². The number of para-hydroxylation sites is 1. The van der Waals surface area contributed by atoms with Crippen molar-refractivity contribution in [1.29, 1.82) is 0 Å². The lowest BCUT2D eigenvalue weighted by molar-refractivity contribution is -0.115. The Hall–Kier alpha value is -2.61. The van der Waals surface area contributed by atoms with Crippen LogP contribution in [0.2, 0.25) is 5.02 Å². The number of fused-ring (bicyclic) bond motifs is 1. The number of likely N-dealkylation sites (tertiary alicyclic amines) is 1. The molecule has 0 spiro atoms. The van der Waals surface area contributed by atoms with Crippen molar-refractivity contribution in [3.8, 4) is 0 Å². The van der Waals surface area contributed by atoms with Gasteiger partial charge in [-0.3, -0.25) is 4.79 Å². The van der Waals surface area contributed by atoms with Gasteiger partial charge in [0.2, 0.25) is 0 Å². The number of hydrogen-bond acceptors (Lipinski definition) is 5. The third-order valence-corrected chi connectivity index (χ3v) is 6.75. The molecule has 2 aromatic carbocycles. The lowest BCUT2D eigenvalue weighted by Crippen LogP contribution is -2.23. The largest absolute Gasteiger partial charge is 0.329 e. The van der Waals surface area contributed by atoms with Gasteiger partial charge >= 0.3 is 0 Å². The highest BCUT2D eigenvalue weighted by atomic mass is 35.5. The lowest BCUT2D eigenvalue weighted by Gasteiger charge is -2.15. The Labute approximate surface area is 190 Å². The standard InChI is InChI=1S/C23H22ClN5OS/c24-17-5-1-2-6-18(17)26-23-27-22(30)21(31-23)14-16-7-8-19-20(13-16)29(15-25-19)12-11-28-9-3-4-10-28/h1-2,5-8,13-15H,3-4,9-12H2,(H,26,27,30)/b21-14+. The van der Waals surface area contributed by atoms with Crippen molar-refractivity contribution in [2.24, 2.45) is 4.99 Å². The minimum absolute atomic E-state index is 0.154. The van der Waals surface area contributed by atoms with Gasteiger partial charge in [0.05, 0.1) is 33.0 Å². The van der Waals surface area contributed by atoms with E-state index >= 15 is 0 Å². The predicted molar refractivity (Wildman–Crippen MR) is 128 cm³/mol. The molecule has 0 radical (unpaired) electrons. The number of carbonyl (C=O) groups excluding carboxylic acids is 1. The first-order valence-corrected chi connectivity index (χ1v) is 11.6. The first-order chi connectivity index (χ1) is 15.2. The molecule has 6 nitrogen and oxygen atoms in total. The SMILES string of the molecule is O=C1NC(=Nc2ccccc2Cl)S/C1=C/c1ccc2ncn(CCN3CCCC3)c2c1. The van der Waals surface area contributed by atoms with Gasteiger partial charge in [0, 0.05) is 13.1 Å². The highest BCUT2D eigenvalue weighted by molar-refractivity contribution is 8.18. The molecule has 0 unspecified atom stereocenters. The number of halogens is 1. The minimum Gasteiger partial charge on any atom is -0.329 e. The summed E-state index contributed by atoms with van der Waals surface area (Å²) < 4.78 is 2.20. The van der Waals surface area contributed by atoms with Gasteiger partial charge in [0.1, 0.15) is 0 Å². The molecule has 2 aliphatic heterocycles. The van der Waals surface area contributed by atoms with Gasteiger partial charge in [-0.05, 0) is 73.6 Å². The number of amidine groups is 1. The minimum atomic E-state index is -0.154. The summed E-state index contributed by atoms with van der Waals surface area (Å²) >= 11 is 7.50. The van der Waals surface area contributed by atoms with Crippen LogP contribution in [0.1, 0.15) is 18.4 Å². The number of nitrogens with one attached hydrogen (secondary N) is 1. The molecule has 0 aliphatic carbocycles. The molecule has 5 rings (SSSR count). The van der Waals surface area contributed by atoms with E-state index in [0.29, 0.717) is 20.8 Å². The maximum absolute atomic E-state index is 12.5. The summed E-state index contributed by atoms with van der Waals surface area (Å²) in [6, 6.07) is 13.4. The molecule has 158 valence electrons. The molecular formula is C23H22ClN5OS. The number of nitrogens with zero attached hydrogens (tertiary/aromatic N) is 4. The average Bonchev–Trinajstić information content (AvgIpc) is 3.49. The van der Waals surface area contributed by atoms with Crippen LogP contribution in [0.4, 0.5) is 5.69 Å². The van der Waals surface area contributed by atoms with Gasteiger partial charge in [0.25, 0.3) is 5.91 Å². The van der Waals surface area contributed by atoms with Crippen LogP contribution in [-0.4, -0.2) is 45.2 Å². The number of imidazole rings is 1. The van der Waals surface area contributed by atoms with Gasteiger partial charge in [-0.1, -0.05) is 29.8 Å². The second kappa shape index (κ2) is 8.86. The molecule has 1 amide bonds. The molecule has 0 atom stereocenters. The van der Waals surface area contributed by atoms with Gasteiger partial charge in [-0.25, -0.2) is 9.98 Å². The van der Waals surface area contributed by atoms with E-state index in [1.165, 1.54) is 37.7 Å². The van der Waals surface area contributed by atoms with Crippen LogP contribution in [0, 0.1) is 0 Å². The normalized spacial score (nSPS) is 19.7. The highest BCUT2D eigenvalue weighted by Gasteiger charge is 2.24. The zero-order valence-corrected chi connectivity index (χ0v) is 18.5. The summed E-state index contributed by atoms with van der Waals surface area (Å²) in [7, 11) is 0. The van der Waals surface area contributed by atoms with Gasteiger partial charge in [-0.15, -0.1) is 0 Å². The number of carbonyl (C=O) groups is 1. The molecule has 2 saturated heterocycles. The van der Waals surface area contributed by atoms with Crippen LogP contribution in [0.15, 0.2) is 58.7 Å². The van der Waals surface area contributed by atoms with Crippen molar-refractivity contribution < 1.29 is 4.79 Å². The summed E-state index contributed by atoms with van der Waals surface area (Å²) in [5.41, 5.74) is 3.65. The van der Waals surface area contributed by atoms with Crippen molar-refractivity contribution in [3.63, 3.8) is 0 Å². The summed E-state index contributed by atoms with van der Waals surface area (Å²) in [5.74, 6) is -0.154. The Bertz CT molecular complexity index is 1200. The maximum Gasteiger partial charge on any atom is 0.264 e. The van der Waals surface area contributed by atoms with Gasteiger partial charge in [-0.2, -0.15) is 0 Å². The number of thioether (sulfide) groups is 1. The van der Waals surface area contributed by atoms with Crippen LogP contribution < -0.4 is 5.32 Å². The molecule has 0 saturated carbocycles. The summed E-state index contributed by atoms with van der Waals surface area (Å²) in [6.45, 7) is 4.33. The van der Waals surface area contributed by atoms with E-state index in [0.717, 1.165) is 29.7 Å². The number of hydrogen-bond donors (Lipinski definition) is 1. The van der Waals surface area contributed by atoms with Crippen molar-refractivity contribution >= 4 is 57.2 Å². The number of aromatic nitrogens is 2. The summed E-state index contributed by atoms with van der Waals surface area (Å²) in [6.07, 6.45) is 6.39. The van der Waals surface area contributed by atoms with E-state index in [4.69, 9.17) is 11.6 Å². The molecule has 1 aromatic heterocycles. The number of amides is 1. The second-order valence-electron chi connectivity index (χ2n) is 7.67. The first-order valence-electron chi connectivity index (χ1n) is 10.4. The van der Waals surface area contributed by atoms with E-state index < -0.39 is 0 Å². The quantitative estimate of drug-likeness (QED) is 0.572. The van der Waals surface area contributed by atoms with Crippen LogP contribution in [0.3, 0.4) is 0 Å². The maximum atomic E-state index is 12.5. The molecule has 1 N–H and O–H groups in total. The Balaban J connectivity index is 1.36. The van der Waals surface area contributed by atoms with Crippen LogP contribution in [0.5, 0.6) is 0 Å². The third kappa shape index (κ3) is 4.54. The molecule has 2 fully saturated rings. The van der Waals surface area contributed by atoms with Crippen molar-refractivity contribution in [1.82, 2.24) is 19.8 Å². The second-order valence-corrected chi connectivity index (χ2v) is 9.11. The molecule has 3 heterocycles. The summed E-state index contributed by atoms with van der Waals surface area (Å²) in [4.78, 5) is 24.6. The van der Waals surface area contributed by atoms with Crippen molar-refractivity contribution in [2.45, 2.75) is 19.4 Å². The smallest absolute Gasteiger partial charge is 0.264 e. The van der Waals surface area contributed by atoms with Crippen molar-refractivity contribution in [2.75, 3.05) is 19.6 Å². The number of aliphatic imine (C=N–C) groups is 1. The number of benzene rings is 2. The van der Waals surface area contributed by atoms with E-state index in [2.05, 4.69) is 30.8 Å². The molecule has 2 aliphatic rings. The van der Waals surface area contributed by atoms with Crippen molar-refractivity contribution in [3.05, 3.63) is 64.3 Å². The van der Waals surface area contributed by atoms with E-state index in [-0.39, 0.29) is 5.91 Å². The van der Waals surface area contributed by atoms with E-state index in [9.17, 15) is 4.79 Å². The Morgan fingerprint density at radius 1 is 1.16 bits per heavy atom. The van der Waals surface area contributed by atoms with Crippen LogP contribution in [-0.2, 0) is 11.3 Å². The Kier molecular flexibility index (Phi) is 5.80. The fraction of sp³-hybridized carbons (Fsp3) is 0.261. The molecule has 3 aromatic rings. The topological polar surface area (TPSA) is 62.5 Å². The van der Waals surface area contributed by atoms with Crippen LogP contribution >= 0.6 is 23.4 Å².